The van der Waals surface area contributed by atoms with Crippen molar-refractivity contribution in [2.24, 2.45) is 22.7 Å². The molecular formula is C32H40ClF3N5O3+. The zero-order chi connectivity index (χ0) is 32.4. The molecule has 0 radical (unpaired) electrons. The van der Waals surface area contributed by atoms with Crippen molar-refractivity contribution >= 4 is 40.6 Å². The van der Waals surface area contributed by atoms with Crippen LogP contribution in [0.3, 0.4) is 0 Å². The van der Waals surface area contributed by atoms with Gasteiger partial charge in [-0.2, -0.15) is 13.2 Å². The van der Waals surface area contributed by atoms with Gasteiger partial charge in [0.25, 0.3) is 5.91 Å². The van der Waals surface area contributed by atoms with E-state index in [0.29, 0.717) is 40.6 Å². The molecule has 1 heterocycles. The number of carboxylic acid groups (broad SMARTS) is 1. The second-order valence-electron chi connectivity index (χ2n) is 13.8. The van der Waals surface area contributed by atoms with Gasteiger partial charge in [0.05, 0.1) is 10.4 Å². The molecule has 12 heteroatoms. The molecule has 3 unspecified atom stereocenters. The number of hydrogen-bond acceptors (Lipinski definition) is 4. The standard InChI is InChI=1S/C32H39ClF3N5O3/c1-17(21-15-39-25-7-5-6-24(33)26(21)25)16-40(19-12-22-23(13-19)30(22,2)3)28(42)20(14-37)27(32(34,35)36)41(38)18-8-10-31(4,11-9-18)29(43)44/h5-7,14-15,17-19,22-23,37-39H,8-13,16H2,1-4H3/p+1. The molecule has 2 aromatic rings. The Kier molecular flexibility index (Phi) is 8.27. The van der Waals surface area contributed by atoms with E-state index < -0.39 is 40.8 Å². The maximum Gasteiger partial charge on any atom is 0.480 e. The van der Waals surface area contributed by atoms with Crippen LogP contribution in [0.2, 0.25) is 5.02 Å². The predicted octanol–water partition coefficient (Wildman–Crippen LogP) is 7.73. The lowest BCUT2D eigenvalue weighted by Crippen LogP contribution is -2.45. The van der Waals surface area contributed by atoms with Crippen molar-refractivity contribution in [1.82, 2.24) is 9.88 Å². The van der Waals surface area contributed by atoms with Crippen LogP contribution < -0.4 is 0 Å². The van der Waals surface area contributed by atoms with Gasteiger partial charge in [-0.15, -0.1) is 0 Å². The highest BCUT2D eigenvalue weighted by molar-refractivity contribution is 6.35. The predicted molar refractivity (Wildman–Crippen MR) is 160 cm³/mol. The molecule has 3 atom stereocenters. The first-order valence-electron chi connectivity index (χ1n) is 15.1. The van der Waals surface area contributed by atoms with Crippen molar-refractivity contribution in [3.63, 3.8) is 0 Å². The van der Waals surface area contributed by atoms with Gasteiger partial charge in [0.2, 0.25) is 0 Å². The van der Waals surface area contributed by atoms with Crippen molar-refractivity contribution in [2.75, 3.05) is 6.54 Å². The number of carbonyl (C=O) groups is 2. The topological polar surface area (TPSA) is 124 Å². The number of aromatic nitrogens is 1. The molecule has 3 fully saturated rings. The van der Waals surface area contributed by atoms with Crippen LogP contribution in [0.15, 0.2) is 35.7 Å². The number of nitrogens with zero attached hydrogens (tertiary/aromatic N) is 2. The number of aliphatic carboxylic acids is 1. The summed E-state index contributed by atoms with van der Waals surface area (Å²) in [4.78, 5) is 30.6. The first-order chi connectivity index (χ1) is 20.5. The number of halogens is 4. The molecule has 8 nitrogen and oxygen atoms in total. The fourth-order valence-electron chi connectivity index (χ4n) is 7.78. The smallest absolute Gasteiger partial charge is 0.480 e. The van der Waals surface area contributed by atoms with Gasteiger partial charge in [-0.1, -0.05) is 48.7 Å². The van der Waals surface area contributed by atoms with E-state index in [9.17, 15) is 27.9 Å². The number of alkyl halides is 3. The minimum atomic E-state index is -5.08. The first-order valence-corrected chi connectivity index (χ1v) is 15.5. The molecule has 1 amide bonds. The molecular weight excluding hydrogens is 595 g/mol. The molecule has 44 heavy (non-hydrogen) atoms. The molecule has 0 bridgehead atoms. The maximum atomic E-state index is 14.7. The third kappa shape index (κ3) is 5.56. The van der Waals surface area contributed by atoms with Crippen molar-refractivity contribution < 1.29 is 32.6 Å². The van der Waals surface area contributed by atoms with Gasteiger partial charge >= 0.3 is 17.8 Å². The lowest BCUT2D eigenvalue weighted by Gasteiger charge is -2.34. The highest BCUT2D eigenvalue weighted by Gasteiger charge is 2.63. The number of benzene rings is 1. The van der Waals surface area contributed by atoms with E-state index in [1.54, 1.807) is 13.0 Å². The Morgan fingerprint density at radius 3 is 2.36 bits per heavy atom. The maximum absolute atomic E-state index is 14.7. The lowest BCUT2D eigenvalue weighted by atomic mass is 9.74. The summed E-state index contributed by atoms with van der Waals surface area (Å²) < 4.78 is 44.5. The van der Waals surface area contributed by atoms with Crippen LogP contribution in [-0.4, -0.2) is 62.6 Å². The second kappa shape index (κ2) is 11.3. The fraction of sp³-hybridized carbons (Fsp3) is 0.594. The molecule has 0 saturated heterocycles. The molecule has 3 saturated carbocycles. The molecule has 1 aromatic heterocycles. The molecule has 0 spiro atoms. The van der Waals surface area contributed by atoms with Crippen molar-refractivity contribution in [2.45, 2.75) is 90.4 Å². The molecule has 0 aliphatic heterocycles. The van der Waals surface area contributed by atoms with E-state index in [4.69, 9.17) is 22.5 Å². The average molecular weight is 635 g/mol. The van der Waals surface area contributed by atoms with E-state index in [-0.39, 0.29) is 49.6 Å². The van der Waals surface area contributed by atoms with E-state index in [1.165, 1.54) is 4.90 Å². The number of carbonyl (C=O) groups excluding carboxylic acids is 1. The largest absolute Gasteiger partial charge is 0.481 e. The van der Waals surface area contributed by atoms with Crippen molar-refractivity contribution in [3.05, 3.63) is 46.3 Å². The summed E-state index contributed by atoms with van der Waals surface area (Å²) in [7, 11) is 0. The number of H-pyrrole nitrogens is 1. The summed E-state index contributed by atoms with van der Waals surface area (Å²) in [6, 6.07) is 4.22. The summed E-state index contributed by atoms with van der Waals surface area (Å²) in [5.74, 6) is -1.49. The number of allylic oxidation sites excluding steroid dienone is 1. The number of nitrogens with one attached hydrogen (secondary N) is 3. The SMILES string of the molecule is CC(CN(C(=O)C(C=N)=C([N+](=N)C1CCC(C)(C(=O)O)CC1)C(F)(F)F)C1CC2C(C1)C2(C)C)c1c[nH]c2cccc(Cl)c12. The van der Waals surface area contributed by atoms with E-state index in [2.05, 4.69) is 18.8 Å². The number of aromatic amines is 1. The van der Waals surface area contributed by atoms with E-state index in [0.717, 1.165) is 16.5 Å². The lowest BCUT2D eigenvalue weighted by molar-refractivity contribution is -0.626. The van der Waals surface area contributed by atoms with E-state index in [1.807, 2.05) is 25.3 Å². The van der Waals surface area contributed by atoms with Crippen LogP contribution in [0.25, 0.3) is 10.9 Å². The Balaban J connectivity index is 1.50. The van der Waals surface area contributed by atoms with Crippen LogP contribution in [0.1, 0.15) is 77.7 Å². The molecule has 3 aliphatic carbocycles. The average Bonchev–Trinajstić information content (AvgIpc) is 3.37. The molecule has 3 aliphatic rings. The number of carboxylic acids is 1. The molecule has 4 N–H and O–H groups in total. The minimum Gasteiger partial charge on any atom is -0.481 e. The van der Waals surface area contributed by atoms with Crippen LogP contribution in [0, 0.1) is 33.6 Å². The van der Waals surface area contributed by atoms with Gasteiger partial charge in [0, 0.05) is 54.7 Å². The van der Waals surface area contributed by atoms with Crippen LogP contribution in [-0.2, 0) is 9.59 Å². The third-order valence-electron chi connectivity index (χ3n) is 10.8. The van der Waals surface area contributed by atoms with Gasteiger partial charge in [0.15, 0.2) is 6.04 Å². The Bertz CT molecular complexity index is 1530. The molecule has 5 rings (SSSR count). The van der Waals surface area contributed by atoms with Gasteiger partial charge in [-0.3, -0.25) is 9.59 Å². The van der Waals surface area contributed by atoms with Gasteiger partial charge in [-0.25, -0.2) is 0 Å². The quantitative estimate of drug-likeness (QED) is 0.0976. The highest BCUT2D eigenvalue weighted by atomic mass is 35.5. The monoisotopic (exact) mass is 634 g/mol. The molecule has 1 aromatic carbocycles. The third-order valence-corrected chi connectivity index (χ3v) is 11.1. The first kappa shape index (κ1) is 32.2. The summed E-state index contributed by atoms with van der Waals surface area (Å²) in [5.41, 5.74) is 6.93. The van der Waals surface area contributed by atoms with Crippen LogP contribution >= 0.6 is 11.6 Å². The van der Waals surface area contributed by atoms with Crippen molar-refractivity contribution in [1.29, 1.82) is 10.9 Å². The second-order valence-corrected chi connectivity index (χ2v) is 14.2. The minimum absolute atomic E-state index is 0.0501. The van der Waals surface area contributed by atoms with Crippen LogP contribution in [0.4, 0.5) is 13.2 Å². The Hall–Kier alpha value is -3.21. The summed E-state index contributed by atoms with van der Waals surface area (Å²) in [6.45, 7) is 7.91. The van der Waals surface area contributed by atoms with Gasteiger partial charge in [0.1, 0.15) is 5.57 Å². The zero-order valence-corrected chi connectivity index (χ0v) is 26.1. The van der Waals surface area contributed by atoms with Crippen LogP contribution in [0.5, 0.6) is 0 Å². The zero-order valence-electron chi connectivity index (χ0n) is 25.4. The number of hydrogen-bond donors (Lipinski definition) is 4. The summed E-state index contributed by atoms with van der Waals surface area (Å²) in [6.07, 6.45) is -1.19. The Morgan fingerprint density at radius 2 is 1.82 bits per heavy atom. The Morgan fingerprint density at radius 1 is 1.20 bits per heavy atom. The normalized spacial score (nSPS) is 29.0. The highest BCUT2D eigenvalue weighted by Crippen LogP contribution is 2.67. The van der Waals surface area contributed by atoms with Gasteiger partial charge < -0.3 is 20.4 Å². The number of rotatable bonds is 9. The number of fused-ring (bicyclic) bond motifs is 2. The fourth-order valence-corrected chi connectivity index (χ4v) is 8.06. The number of amides is 1. The van der Waals surface area contributed by atoms with E-state index >= 15 is 0 Å². The van der Waals surface area contributed by atoms with Crippen molar-refractivity contribution in [3.8, 4) is 0 Å². The van der Waals surface area contributed by atoms with Gasteiger partial charge in [-0.05, 0) is 67.6 Å². The Labute approximate surface area is 259 Å². The summed E-state index contributed by atoms with van der Waals surface area (Å²) in [5, 5.41) is 18.9. The molecule has 238 valence electrons. The summed E-state index contributed by atoms with van der Waals surface area (Å²) >= 11 is 6.52.